The largest absolute Gasteiger partial charge is 0.236 e. The summed E-state index contributed by atoms with van der Waals surface area (Å²) in [7, 11) is -1.05. The molecule has 1 aliphatic rings. The summed E-state index contributed by atoms with van der Waals surface area (Å²) in [5.74, 6) is 0. The van der Waals surface area contributed by atoms with Gasteiger partial charge in [0, 0.05) is 11.4 Å². The predicted molar refractivity (Wildman–Crippen MR) is 80.1 cm³/mol. The number of rotatable bonds is 3. The fourth-order valence-corrected chi connectivity index (χ4v) is 4.84. The first-order valence-electron chi connectivity index (χ1n) is 6.32. The third kappa shape index (κ3) is 2.61. The average molecular weight is 289 g/mol. The Bertz CT molecular complexity index is 613. The lowest BCUT2D eigenvalue weighted by molar-refractivity contribution is 0.632. The van der Waals surface area contributed by atoms with Crippen LogP contribution >= 0.6 is 11.9 Å². The minimum atomic E-state index is -1.05. The summed E-state index contributed by atoms with van der Waals surface area (Å²) >= 11 is 1.60. The van der Waals surface area contributed by atoms with Crippen molar-refractivity contribution in [3.8, 4) is 0 Å². The first kappa shape index (κ1) is 12.9. The monoisotopic (exact) mass is 289 g/mol. The van der Waals surface area contributed by atoms with E-state index in [1.807, 2.05) is 28.0 Å². The topological polar surface area (TPSA) is 20.3 Å². The lowest BCUT2D eigenvalue weighted by Crippen LogP contribution is -2.13. The van der Waals surface area contributed by atoms with Gasteiger partial charge in [0.1, 0.15) is 11.0 Å². The van der Waals surface area contributed by atoms with Gasteiger partial charge in [-0.05, 0) is 41.6 Å². The highest BCUT2D eigenvalue weighted by molar-refractivity contribution is 8.08. The molecule has 0 saturated heterocycles. The van der Waals surface area contributed by atoms with E-state index in [-0.39, 0.29) is 0 Å². The molecule has 1 unspecified atom stereocenters. The summed E-state index contributed by atoms with van der Waals surface area (Å²) in [5.41, 5.74) is 2.48. The van der Waals surface area contributed by atoms with Crippen molar-refractivity contribution in [2.24, 2.45) is 0 Å². The normalized spacial score (nSPS) is 18.5. The molecule has 0 saturated carbocycles. The highest BCUT2D eigenvalue weighted by Crippen LogP contribution is 2.40. The van der Waals surface area contributed by atoms with Crippen molar-refractivity contribution in [1.29, 1.82) is 0 Å². The number of hydrogen-bond acceptors (Lipinski definition) is 2. The van der Waals surface area contributed by atoms with Crippen LogP contribution in [0.1, 0.15) is 18.1 Å². The van der Waals surface area contributed by atoms with Crippen molar-refractivity contribution >= 4 is 22.9 Å². The Morgan fingerprint density at radius 3 is 2.63 bits per heavy atom. The molecule has 0 bridgehead atoms. The Hall–Kier alpha value is -1.10. The summed E-state index contributed by atoms with van der Waals surface area (Å²) in [6, 6.07) is 16.4. The van der Waals surface area contributed by atoms with E-state index < -0.39 is 11.0 Å². The molecule has 0 spiro atoms. The van der Waals surface area contributed by atoms with Gasteiger partial charge >= 0.3 is 0 Å². The van der Waals surface area contributed by atoms with Gasteiger partial charge in [-0.3, -0.25) is 0 Å². The van der Waals surface area contributed by atoms with E-state index in [9.17, 15) is 4.21 Å². The molecule has 1 aliphatic heterocycles. The number of hydrogen-bond donors (Lipinski definition) is 0. The second-order valence-corrected chi connectivity index (χ2v) is 7.12. The summed E-state index contributed by atoms with van der Waals surface area (Å²) < 4.78 is 14.4. The summed E-state index contributed by atoms with van der Waals surface area (Å²) in [6.45, 7) is 2.84. The Labute approximate surface area is 120 Å². The Kier molecular flexibility index (Phi) is 3.73. The highest BCUT2D eigenvalue weighted by atomic mass is 32.2. The molecule has 98 valence electrons. The molecule has 19 heavy (non-hydrogen) atoms. The van der Waals surface area contributed by atoms with Gasteiger partial charge in [0.2, 0.25) is 0 Å². The average Bonchev–Trinajstić information content (AvgIpc) is 2.76. The molecule has 0 N–H and O–H groups in total. The molecular weight excluding hydrogens is 274 g/mol. The number of fused-ring (bicyclic) bond motifs is 1. The zero-order valence-electron chi connectivity index (χ0n) is 10.7. The van der Waals surface area contributed by atoms with Crippen molar-refractivity contribution in [2.75, 3.05) is 0 Å². The number of benzene rings is 2. The van der Waals surface area contributed by atoms with Crippen LogP contribution in [0, 0.1) is 0 Å². The van der Waals surface area contributed by atoms with Crippen LogP contribution in [0.4, 0.5) is 0 Å². The quantitative estimate of drug-likeness (QED) is 0.801. The molecule has 0 aromatic heterocycles. The van der Waals surface area contributed by atoms with Gasteiger partial charge in [0.15, 0.2) is 0 Å². The summed E-state index contributed by atoms with van der Waals surface area (Å²) in [6.07, 6.45) is 1.01. The van der Waals surface area contributed by atoms with Crippen LogP contribution in [-0.2, 0) is 24.0 Å². The third-order valence-corrected chi connectivity index (χ3v) is 6.00. The second kappa shape index (κ2) is 5.49. The van der Waals surface area contributed by atoms with Crippen LogP contribution in [0.25, 0.3) is 0 Å². The van der Waals surface area contributed by atoms with E-state index in [1.54, 1.807) is 11.9 Å². The SMILES string of the molecule is CCc1ccc2c(c1)SN(Cc1ccccc1)S2=O. The van der Waals surface area contributed by atoms with Gasteiger partial charge in [-0.2, -0.15) is 3.71 Å². The van der Waals surface area contributed by atoms with Gasteiger partial charge < -0.3 is 0 Å². The predicted octanol–water partition coefficient (Wildman–Crippen LogP) is 3.79. The summed E-state index contributed by atoms with van der Waals surface area (Å²) in [4.78, 5) is 2.08. The molecule has 0 aliphatic carbocycles. The Balaban J connectivity index is 1.83. The van der Waals surface area contributed by atoms with Crippen LogP contribution in [-0.4, -0.2) is 7.92 Å². The van der Waals surface area contributed by atoms with Crippen LogP contribution in [0.2, 0.25) is 0 Å². The van der Waals surface area contributed by atoms with Gasteiger partial charge in [-0.25, -0.2) is 4.21 Å². The van der Waals surface area contributed by atoms with Crippen LogP contribution < -0.4 is 0 Å². The first-order chi connectivity index (χ1) is 9.28. The van der Waals surface area contributed by atoms with E-state index in [2.05, 4.69) is 31.2 Å². The van der Waals surface area contributed by atoms with Gasteiger partial charge in [-0.15, -0.1) is 0 Å². The molecule has 0 fully saturated rings. The van der Waals surface area contributed by atoms with E-state index >= 15 is 0 Å². The second-order valence-electron chi connectivity index (χ2n) is 4.45. The van der Waals surface area contributed by atoms with Crippen molar-refractivity contribution in [2.45, 2.75) is 29.7 Å². The maximum absolute atomic E-state index is 12.4. The van der Waals surface area contributed by atoms with Crippen LogP contribution in [0.15, 0.2) is 58.3 Å². The molecule has 0 amide bonds. The first-order valence-corrected chi connectivity index (χ1v) is 8.20. The molecule has 4 heteroatoms. The number of nitrogens with zero attached hydrogens (tertiary/aromatic N) is 1. The van der Waals surface area contributed by atoms with Crippen molar-refractivity contribution < 1.29 is 4.21 Å². The van der Waals surface area contributed by atoms with Crippen LogP contribution in [0.5, 0.6) is 0 Å². The molecule has 0 radical (unpaired) electrons. The molecule has 2 aromatic rings. The van der Waals surface area contributed by atoms with Crippen molar-refractivity contribution in [3.05, 3.63) is 59.7 Å². The van der Waals surface area contributed by atoms with Crippen LogP contribution in [0.3, 0.4) is 0 Å². The zero-order valence-corrected chi connectivity index (χ0v) is 12.3. The van der Waals surface area contributed by atoms with Crippen molar-refractivity contribution in [1.82, 2.24) is 3.71 Å². The number of aryl methyl sites for hydroxylation is 1. The lowest BCUT2D eigenvalue weighted by Gasteiger charge is -2.11. The smallest absolute Gasteiger partial charge is 0.139 e. The maximum Gasteiger partial charge on any atom is 0.139 e. The molecule has 1 heterocycles. The molecular formula is C15H15NOS2. The molecule has 2 nitrogen and oxygen atoms in total. The zero-order chi connectivity index (χ0) is 13.2. The maximum atomic E-state index is 12.4. The van der Waals surface area contributed by atoms with E-state index in [0.717, 1.165) is 16.2 Å². The standard InChI is InChI=1S/C15H15NOS2/c1-2-12-8-9-15-14(10-12)18-16(19(15)17)11-13-6-4-3-5-7-13/h3-10H,2,11H2,1H3. The van der Waals surface area contributed by atoms with Gasteiger partial charge in [0.05, 0.1) is 4.90 Å². The summed E-state index contributed by atoms with van der Waals surface area (Å²) in [5, 5.41) is 0. The Morgan fingerprint density at radius 2 is 1.89 bits per heavy atom. The van der Waals surface area contributed by atoms with E-state index in [0.29, 0.717) is 6.54 Å². The lowest BCUT2D eigenvalue weighted by atomic mass is 10.2. The highest BCUT2D eigenvalue weighted by Gasteiger charge is 2.28. The molecule has 3 rings (SSSR count). The van der Waals surface area contributed by atoms with Crippen molar-refractivity contribution in [3.63, 3.8) is 0 Å². The molecule has 2 aromatic carbocycles. The van der Waals surface area contributed by atoms with Gasteiger partial charge in [-0.1, -0.05) is 43.3 Å². The van der Waals surface area contributed by atoms with E-state index in [1.165, 1.54) is 11.1 Å². The minimum Gasteiger partial charge on any atom is -0.236 e. The van der Waals surface area contributed by atoms with E-state index in [4.69, 9.17) is 0 Å². The Morgan fingerprint density at radius 1 is 1.11 bits per heavy atom. The molecule has 1 atom stereocenters. The third-order valence-electron chi connectivity index (χ3n) is 3.14. The van der Waals surface area contributed by atoms with Gasteiger partial charge in [0.25, 0.3) is 0 Å². The fraction of sp³-hybridized carbons (Fsp3) is 0.200. The minimum absolute atomic E-state index is 0.703. The fourth-order valence-electron chi connectivity index (χ4n) is 2.06.